The van der Waals surface area contributed by atoms with Gasteiger partial charge in [0.2, 0.25) is 0 Å². The van der Waals surface area contributed by atoms with E-state index in [0.29, 0.717) is 0 Å². The molecule has 0 spiro atoms. The van der Waals surface area contributed by atoms with Crippen LogP contribution in [0.15, 0.2) is 18.2 Å². The van der Waals surface area contributed by atoms with Crippen LogP contribution in [0.1, 0.15) is 5.56 Å². The Morgan fingerprint density at radius 2 is 2.46 bits per heavy atom. The molecule has 0 aliphatic carbocycles. The van der Waals surface area contributed by atoms with Crippen LogP contribution >= 0.6 is 0 Å². The van der Waals surface area contributed by atoms with E-state index in [-0.39, 0.29) is 12.6 Å². The third-order valence-corrected chi connectivity index (χ3v) is 2.36. The Morgan fingerprint density at radius 1 is 1.62 bits per heavy atom. The summed E-state index contributed by atoms with van der Waals surface area (Å²) >= 11 is 0. The minimum atomic E-state index is 0.169. The molecule has 2 N–H and O–H groups in total. The Balaban J connectivity index is 2.25. The van der Waals surface area contributed by atoms with Gasteiger partial charge >= 0.3 is 0 Å². The molecule has 0 fully saturated rings. The van der Waals surface area contributed by atoms with Gasteiger partial charge in [0.15, 0.2) is 0 Å². The molecule has 0 radical (unpaired) electrons. The number of aliphatic hydroxyl groups is 1. The SMILES string of the molecule is COc1ccc2c(c1)CC(CO)N2. The number of aliphatic hydroxyl groups excluding tert-OH is 1. The highest BCUT2D eigenvalue weighted by atomic mass is 16.5. The van der Waals surface area contributed by atoms with Gasteiger partial charge in [0.25, 0.3) is 0 Å². The summed E-state index contributed by atoms with van der Waals surface area (Å²) in [4.78, 5) is 0. The topological polar surface area (TPSA) is 41.5 Å². The molecule has 13 heavy (non-hydrogen) atoms. The van der Waals surface area contributed by atoms with Crippen molar-refractivity contribution in [3.8, 4) is 5.75 Å². The summed E-state index contributed by atoms with van der Waals surface area (Å²) in [5.74, 6) is 0.874. The van der Waals surface area contributed by atoms with Gasteiger partial charge in [-0.2, -0.15) is 0 Å². The van der Waals surface area contributed by atoms with E-state index in [4.69, 9.17) is 9.84 Å². The third-order valence-electron chi connectivity index (χ3n) is 2.36. The number of hydrogen-bond donors (Lipinski definition) is 2. The summed E-state index contributed by atoms with van der Waals surface area (Å²) < 4.78 is 5.12. The average molecular weight is 179 g/mol. The molecule has 1 aromatic carbocycles. The molecule has 0 saturated carbocycles. The zero-order chi connectivity index (χ0) is 9.26. The lowest BCUT2D eigenvalue weighted by atomic mass is 10.1. The predicted octanol–water partition coefficient (Wildman–Crippen LogP) is 1.02. The second kappa shape index (κ2) is 3.26. The second-order valence-electron chi connectivity index (χ2n) is 3.25. The van der Waals surface area contributed by atoms with Gasteiger partial charge in [0.1, 0.15) is 5.75 Å². The molecule has 1 aliphatic heterocycles. The maximum atomic E-state index is 8.97. The fraction of sp³-hybridized carbons (Fsp3) is 0.400. The summed E-state index contributed by atoms with van der Waals surface area (Å²) in [5.41, 5.74) is 2.33. The van der Waals surface area contributed by atoms with Crippen LogP contribution in [0, 0.1) is 0 Å². The number of benzene rings is 1. The van der Waals surface area contributed by atoms with Gasteiger partial charge in [-0.25, -0.2) is 0 Å². The van der Waals surface area contributed by atoms with Gasteiger partial charge in [-0.05, 0) is 30.2 Å². The number of nitrogens with one attached hydrogen (secondary N) is 1. The first kappa shape index (κ1) is 8.38. The van der Waals surface area contributed by atoms with E-state index >= 15 is 0 Å². The summed E-state index contributed by atoms with van der Waals surface area (Å²) in [7, 11) is 1.66. The molecular weight excluding hydrogens is 166 g/mol. The normalized spacial score (nSPS) is 19.4. The molecule has 0 aromatic heterocycles. The summed E-state index contributed by atoms with van der Waals surface area (Å²) in [6, 6.07) is 6.09. The maximum absolute atomic E-state index is 8.97. The standard InChI is InChI=1S/C10H13NO2/c1-13-9-2-3-10-7(5-9)4-8(6-12)11-10/h2-3,5,8,11-12H,4,6H2,1H3. The number of methoxy groups -OCH3 is 1. The molecule has 1 unspecified atom stereocenters. The van der Waals surface area contributed by atoms with Crippen LogP contribution in [0.4, 0.5) is 5.69 Å². The van der Waals surface area contributed by atoms with Crippen molar-refractivity contribution in [3.05, 3.63) is 23.8 Å². The van der Waals surface area contributed by atoms with Gasteiger partial charge in [0, 0.05) is 5.69 Å². The smallest absolute Gasteiger partial charge is 0.119 e. The van der Waals surface area contributed by atoms with Gasteiger partial charge in [0.05, 0.1) is 19.8 Å². The van der Waals surface area contributed by atoms with E-state index in [1.165, 1.54) is 5.56 Å². The van der Waals surface area contributed by atoms with Crippen LogP contribution < -0.4 is 10.1 Å². The predicted molar refractivity (Wildman–Crippen MR) is 51.2 cm³/mol. The first-order valence-corrected chi connectivity index (χ1v) is 4.38. The molecule has 1 atom stereocenters. The first-order valence-electron chi connectivity index (χ1n) is 4.38. The molecule has 3 nitrogen and oxygen atoms in total. The summed E-state index contributed by atoms with van der Waals surface area (Å²) in [6.07, 6.45) is 0.878. The van der Waals surface area contributed by atoms with E-state index in [1.54, 1.807) is 7.11 Å². The van der Waals surface area contributed by atoms with Crippen molar-refractivity contribution in [3.63, 3.8) is 0 Å². The molecule has 0 bridgehead atoms. The Hall–Kier alpha value is -1.22. The lowest BCUT2D eigenvalue weighted by Crippen LogP contribution is -2.19. The molecule has 0 saturated heterocycles. The van der Waals surface area contributed by atoms with E-state index in [2.05, 4.69) is 5.32 Å². The van der Waals surface area contributed by atoms with Gasteiger partial charge < -0.3 is 15.2 Å². The monoisotopic (exact) mass is 179 g/mol. The minimum Gasteiger partial charge on any atom is -0.497 e. The van der Waals surface area contributed by atoms with Crippen LogP contribution in [0.3, 0.4) is 0 Å². The summed E-state index contributed by atoms with van der Waals surface area (Å²) in [6.45, 7) is 0.178. The first-order chi connectivity index (χ1) is 6.33. The number of hydrogen-bond acceptors (Lipinski definition) is 3. The van der Waals surface area contributed by atoms with Crippen LogP contribution in [0.5, 0.6) is 5.75 Å². The van der Waals surface area contributed by atoms with Crippen molar-refractivity contribution in [2.75, 3.05) is 19.0 Å². The van der Waals surface area contributed by atoms with Gasteiger partial charge in [-0.3, -0.25) is 0 Å². The Labute approximate surface area is 77.3 Å². The number of fused-ring (bicyclic) bond motifs is 1. The Kier molecular flexibility index (Phi) is 2.10. The zero-order valence-electron chi connectivity index (χ0n) is 7.58. The molecule has 1 aromatic rings. The van der Waals surface area contributed by atoms with Crippen LogP contribution in [0.25, 0.3) is 0 Å². The van der Waals surface area contributed by atoms with Crippen LogP contribution in [0.2, 0.25) is 0 Å². The van der Waals surface area contributed by atoms with Crippen LogP contribution in [-0.4, -0.2) is 24.9 Å². The number of ether oxygens (including phenoxy) is 1. The molecule has 2 rings (SSSR count). The van der Waals surface area contributed by atoms with Crippen LogP contribution in [-0.2, 0) is 6.42 Å². The van der Waals surface area contributed by atoms with Crippen molar-refractivity contribution in [2.45, 2.75) is 12.5 Å². The fourth-order valence-electron chi connectivity index (χ4n) is 1.65. The van der Waals surface area contributed by atoms with E-state index < -0.39 is 0 Å². The Morgan fingerprint density at radius 3 is 3.15 bits per heavy atom. The maximum Gasteiger partial charge on any atom is 0.119 e. The largest absolute Gasteiger partial charge is 0.497 e. The van der Waals surface area contributed by atoms with E-state index in [0.717, 1.165) is 17.9 Å². The van der Waals surface area contributed by atoms with E-state index in [9.17, 15) is 0 Å². The molecule has 1 heterocycles. The summed E-state index contributed by atoms with van der Waals surface area (Å²) in [5, 5.41) is 12.2. The molecule has 0 amide bonds. The lowest BCUT2D eigenvalue weighted by Gasteiger charge is -2.05. The van der Waals surface area contributed by atoms with Crippen molar-refractivity contribution >= 4 is 5.69 Å². The quantitative estimate of drug-likeness (QED) is 0.712. The highest BCUT2D eigenvalue weighted by Gasteiger charge is 2.19. The van der Waals surface area contributed by atoms with E-state index in [1.807, 2.05) is 18.2 Å². The molecule has 3 heteroatoms. The third kappa shape index (κ3) is 1.47. The highest BCUT2D eigenvalue weighted by Crippen LogP contribution is 2.28. The molecule has 70 valence electrons. The number of anilines is 1. The fourth-order valence-corrected chi connectivity index (χ4v) is 1.65. The van der Waals surface area contributed by atoms with Crippen molar-refractivity contribution in [2.24, 2.45) is 0 Å². The highest BCUT2D eigenvalue weighted by molar-refractivity contribution is 5.59. The van der Waals surface area contributed by atoms with Crippen molar-refractivity contribution in [1.29, 1.82) is 0 Å². The van der Waals surface area contributed by atoms with Gasteiger partial charge in [-0.15, -0.1) is 0 Å². The average Bonchev–Trinajstić information content (AvgIpc) is 2.58. The Bertz CT molecular complexity index is 312. The molecular formula is C10H13NO2. The zero-order valence-corrected chi connectivity index (χ0v) is 7.58. The molecule has 1 aliphatic rings. The van der Waals surface area contributed by atoms with Crippen molar-refractivity contribution < 1.29 is 9.84 Å². The van der Waals surface area contributed by atoms with Gasteiger partial charge in [-0.1, -0.05) is 0 Å². The second-order valence-corrected chi connectivity index (χ2v) is 3.25. The lowest BCUT2D eigenvalue weighted by molar-refractivity contribution is 0.277. The minimum absolute atomic E-state index is 0.169. The number of rotatable bonds is 2. The van der Waals surface area contributed by atoms with Crippen molar-refractivity contribution in [1.82, 2.24) is 0 Å².